The molecule has 0 fully saturated rings. The van der Waals surface area contributed by atoms with Gasteiger partial charge >= 0.3 is 0 Å². The van der Waals surface area contributed by atoms with E-state index in [9.17, 15) is 4.80 Å². The molecule has 0 radical (unpaired) electrons. The van der Waals surface area contributed by atoms with E-state index in [1.807, 2.05) is 13.1 Å². The molecule has 0 aromatic heterocycles. The van der Waals surface area contributed by atoms with Gasteiger partial charge in [-0.05, 0) is 25.1 Å². The molecule has 0 amide bonds. The van der Waals surface area contributed by atoms with Crippen molar-refractivity contribution in [2.75, 3.05) is 0 Å². The topological polar surface area (TPSA) is 20.2 Å². The Morgan fingerprint density at radius 2 is 1.78 bits per heavy atom. The van der Waals surface area contributed by atoms with E-state index in [1.54, 1.807) is 0 Å². The van der Waals surface area contributed by atoms with E-state index in [0.29, 0.717) is 0 Å². The first kappa shape index (κ1) is 9.18. The predicted octanol–water partition coefficient (Wildman–Crippen LogP) is 2.23. The third-order valence-electron chi connectivity index (χ3n) is 1.33. The van der Waals surface area contributed by atoms with E-state index in [4.69, 9.17) is 0 Å². The third-order valence-corrected chi connectivity index (χ3v) is 2.85. The molecular weight excluding hydrogens is 128 g/mol. The summed E-state index contributed by atoms with van der Waals surface area (Å²) in [5, 5.41) is 0. The van der Waals surface area contributed by atoms with Gasteiger partial charge in [-0.3, -0.25) is 0 Å². The van der Waals surface area contributed by atoms with Crippen LogP contribution in [0.5, 0.6) is 0 Å². The van der Waals surface area contributed by atoms with E-state index in [2.05, 4.69) is 13.8 Å². The highest BCUT2D eigenvalue weighted by atomic mass is 28.4. The normalized spacial score (nSPS) is 12.7. The first-order chi connectivity index (χ1) is 3.92. The fourth-order valence-electron chi connectivity index (χ4n) is 0.642. The average Bonchev–Trinajstić information content (AvgIpc) is 1.59. The highest BCUT2D eigenvalue weighted by Crippen LogP contribution is 2.12. The molecule has 56 valence electrons. The lowest BCUT2D eigenvalue weighted by Gasteiger charge is -2.14. The van der Waals surface area contributed by atoms with E-state index in [-0.39, 0.29) is 0 Å². The minimum Gasteiger partial charge on any atom is -0.432 e. The predicted molar refractivity (Wildman–Crippen MR) is 44.0 cm³/mol. The van der Waals surface area contributed by atoms with Crippen LogP contribution in [-0.2, 0) is 0 Å². The second-order valence-corrected chi connectivity index (χ2v) is 7.87. The van der Waals surface area contributed by atoms with Gasteiger partial charge in [0.25, 0.3) is 0 Å². The molecule has 0 aliphatic rings. The van der Waals surface area contributed by atoms with E-state index in [1.165, 1.54) is 6.42 Å². The standard InChI is InChI=1S/C7H18OSi/c1-7(2)5-6-9(3,4)8/h7-8H,5-6H2,1-4H3. The van der Waals surface area contributed by atoms with Gasteiger partial charge in [0.15, 0.2) is 8.32 Å². The van der Waals surface area contributed by atoms with Crippen LogP contribution in [0, 0.1) is 5.92 Å². The van der Waals surface area contributed by atoms with Gasteiger partial charge in [0.1, 0.15) is 0 Å². The van der Waals surface area contributed by atoms with Crippen LogP contribution in [0.15, 0.2) is 0 Å². The Labute approximate surface area is 59.2 Å². The van der Waals surface area contributed by atoms with Crippen molar-refractivity contribution < 1.29 is 4.80 Å². The van der Waals surface area contributed by atoms with E-state index >= 15 is 0 Å². The summed E-state index contributed by atoms with van der Waals surface area (Å²) < 4.78 is 0. The summed E-state index contributed by atoms with van der Waals surface area (Å²) in [4.78, 5) is 9.41. The molecule has 0 spiro atoms. The highest BCUT2D eigenvalue weighted by molar-refractivity contribution is 6.69. The molecule has 1 N–H and O–H groups in total. The maximum absolute atomic E-state index is 9.41. The smallest absolute Gasteiger partial charge is 0.182 e. The van der Waals surface area contributed by atoms with Crippen molar-refractivity contribution in [1.82, 2.24) is 0 Å². The third kappa shape index (κ3) is 8.18. The van der Waals surface area contributed by atoms with Crippen LogP contribution in [0.1, 0.15) is 20.3 Å². The second-order valence-electron chi connectivity index (χ2n) is 3.74. The fraction of sp³-hybridized carbons (Fsp3) is 1.00. The van der Waals surface area contributed by atoms with Gasteiger partial charge in [-0.25, -0.2) is 0 Å². The summed E-state index contributed by atoms with van der Waals surface area (Å²) in [6.07, 6.45) is 1.18. The van der Waals surface area contributed by atoms with Crippen molar-refractivity contribution in [3.8, 4) is 0 Å². The minimum absolute atomic E-state index is 0.740. The Morgan fingerprint density at radius 1 is 1.33 bits per heavy atom. The summed E-state index contributed by atoms with van der Waals surface area (Å²) >= 11 is 0. The molecule has 0 saturated carbocycles. The molecule has 0 aliphatic heterocycles. The SMILES string of the molecule is CC(C)CC[Si](C)(C)O. The molecule has 0 aromatic carbocycles. The molecule has 0 aliphatic carbocycles. The lowest BCUT2D eigenvalue weighted by Crippen LogP contribution is -2.24. The van der Waals surface area contributed by atoms with Crippen LogP contribution < -0.4 is 0 Å². The molecule has 9 heavy (non-hydrogen) atoms. The van der Waals surface area contributed by atoms with Gasteiger partial charge in [0.05, 0.1) is 0 Å². The number of rotatable bonds is 3. The van der Waals surface area contributed by atoms with Gasteiger partial charge in [0.2, 0.25) is 0 Å². The lowest BCUT2D eigenvalue weighted by molar-refractivity contribution is 0.524. The molecular formula is C7H18OSi. The lowest BCUT2D eigenvalue weighted by atomic mass is 10.2. The van der Waals surface area contributed by atoms with Crippen molar-refractivity contribution >= 4 is 8.32 Å². The van der Waals surface area contributed by atoms with Crippen LogP contribution in [-0.4, -0.2) is 13.1 Å². The second kappa shape index (κ2) is 3.37. The first-order valence-electron chi connectivity index (χ1n) is 3.64. The van der Waals surface area contributed by atoms with Crippen LogP contribution >= 0.6 is 0 Å². The summed E-state index contributed by atoms with van der Waals surface area (Å²) in [6, 6.07) is 1.05. The zero-order valence-electron chi connectivity index (χ0n) is 6.94. The van der Waals surface area contributed by atoms with Crippen molar-refractivity contribution in [2.24, 2.45) is 5.92 Å². The Morgan fingerprint density at radius 3 is 1.89 bits per heavy atom. The molecule has 0 rings (SSSR count). The molecule has 0 atom stereocenters. The van der Waals surface area contributed by atoms with E-state index < -0.39 is 8.32 Å². The van der Waals surface area contributed by atoms with Gasteiger partial charge in [-0.15, -0.1) is 0 Å². The van der Waals surface area contributed by atoms with Crippen LogP contribution in [0.25, 0.3) is 0 Å². The molecule has 0 bridgehead atoms. The van der Waals surface area contributed by atoms with Gasteiger partial charge in [-0.1, -0.05) is 20.3 Å². The van der Waals surface area contributed by atoms with Crippen LogP contribution in [0.3, 0.4) is 0 Å². The zero-order chi connectivity index (χ0) is 7.49. The first-order valence-corrected chi connectivity index (χ1v) is 6.79. The highest BCUT2D eigenvalue weighted by Gasteiger charge is 2.16. The zero-order valence-corrected chi connectivity index (χ0v) is 7.94. The van der Waals surface area contributed by atoms with Gasteiger partial charge < -0.3 is 4.80 Å². The summed E-state index contributed by atoms with van der Waals surface area (Å²) in [5.74, 6) is 0.740. The Bertz CT molecular complexity index is 73.5. The van der Waals surface area contributed by atoms with E-state index in [0.717, 1.165) is 12.0 Å². The van der Waals surface area contributed by atoms with Crippen molar-refractivity contribution in [3.63, 3.8) is 0 Å². The maximum atomic E-state index is 9.41. The van der Waals surface area contributed by atoms with Crippen molar-refractivity contribution in [1.29, 1.82) is 0 Å². The van der Waals surface area contributed by atoms with Crippen LogP contribution in [0.2, 0.25) is 19.1 Å². The quantitative estimate of drug-likeness (QED) is 0.605. The van der Waals surface area contributed by atoms with Gasteiger partial charge in [-0.2, -0.15) is 0 Å². The molecule has 0 aromatic rings. The minimum atomic E-state index is -1.72. The molecule has 0 saturated heterocycles. The largest absolute Gasteiger partial charge is 0.432 e. The molecule has 2 heteroatoms. The van der Waals surface area contributed by atoms with Crippen molar-refractivity contribution in [2.45, 2.75) is 39.4 Å². The number of hydrogen-bond acceptors (Lipinski definition) is 1. The summed E-state index contributed by atoms with van der Waals surface area (Å²) in [7, 11) is -1.72. The maximum Gasteiger partial charge on any atom is 0.182 e. The average molecular weight is 146 g/mol. The Hall–Kier alpha value is 0.177. The Balaban J connectivity index is 3.28. The molecule has 0 unspecified atom stereocenters. The Kier molecular flexibility index (Phi) is 3.44. The fourth-order valence-corrected chi connectivity index (χ4v) is 1.93. The monoisotopic (exact) mass is 146 g/mol. The van der Waals surface area contributed by atoms with Crippen LogP contribution in [0.4, 0.5) is 0 Å². The summed E-state index contributed by atoms with van der Waals surface area (Å²) in [5.41, 5.74) is 0. The number of hydrogen-bond donors (Lipinski definition) is 1. The summed E-state index contributed by atoms with van der Waals surface area (Å²) in [6.45, 7) is 8.38. The van der Waals surface area contributed by atoms with Crippen molar-refractivity contribution in [3.05, 3.63) is 0 Å². The molecule has 1 nitrogen and oxygen atoms in total. The molecule has 0 heterocycles. The van der Waals surface area contributed by atoms with Gasteiger partial charge in [0, 0.05) is 0 Å².